The molecular formula is C27H32FN5O5. The number of benzene rings is 2. The number of rotatable bonds is 7. The molecule has 38 heavy (non-hydrogen) atoms. The van der Waals surface area contributed by atoms with Crippen molar-refractivity contribution < 1.29 is 29.2 Å². The summed E-state index contributed by atoms with van der Waals surface area (Å²) in [5.41, 5.74) is 2.12. The second-order valence-electron chi connectivity index (χ2n) is 10.3. The smallest absolute Gasteiger partial charge is 0.123 e. The van der Waals surface area contributed by atoms with Crippen molar-refractivity contribution in [2.75, 3.05) is 38.3 Å². The molecule has 7 atom stereocenters. The molecule has 0 saturated carbocycles. The summed E-state index contributed by atoms with van der Waals surface area (Å²) in [6, 6.07) is 13.9. The summed E-state index contributed by atoms with van der Waals surface area (Å²) in [4.78, 5) is 4.73. The maximum Gasteiger partial charge on any atom is 0.123 e. The summed E-state index contributed by atoms with van der Waals surface area (Å²) in [6.45, 7) is 1.76. The Labute approximate surface area is 219 Å². The number of likely N-dealkylation sites (tertiary alicyclic amines) is 1. The highest BCUT2D eigenvalue weighted by Crippen LogP contribution is 2.37. The summed E-state index contributed by atoms with van der Waals surface area (Å²) in [5.74, 6) is 0.433. The quantitative estimate of drug-likeness (QED) is 0.417. The normalized spacial score (nSPS) is 31.2. The first-order valence-corrected chi connectivity index (χ1v) is 12.9. The predicted octanol–water partition coefficient (Wildman–Crippen LogP) is 1.08. The number of anilines is 1. The Kier molecular flexibility index (Phi) is 6.79. The Morgan fingerprint density at radius 2 is 1.84 bits per heavy atom. The first kappa shape index (κ1) is 25.2. The largest absolute Gasteiger partial charge is 0.497 e. The number of ether oxygens (including phenoxy) is 2. The van der Waals surface area contributed by atoms with E-state index in [1.54, 1.807) is 25.4 Å². The average molecular weight is 526 g/mol. The summed E-state index contributed by atoms with van der Waals surface area (Å²) in [7, 11) is 1.66. The van der Waals surface area contributed by atoms with Gasteiger partial charge in [0.1, 0.15) is 41.6 Å². The van der Waals surface area contributed by atoms with Crippen LogP contribution in [0.3, 0.4) is 0 Å². The highest BCUT2D eigenvalue weighted by molar-refractivity contribution is 5.57. The number of hydrogen-bond acceptors (Lipinski definition) is 9. The van der Waals surface area contributed by atoms with E-state index in [9.17, 15) is 19.7 Å². The zero-order chi connectivity index (χ0) is 26.4. The van der Waals surface area contributed by atoms with Crippen LogP contribution in [-0.4, -0.2) is 105 Å². The molecule has 0 amide bonds. The van der Waals surface area contributed by atoms with Gasteiger partial charge in [-0.2, -0.15) is 0 Å². The van der Waals surface area contributed by atoms with Gasteiger partial charge in [-0.15, -0.1) is 5.10 Å². The van der Waals surface area contributed by atoms with Crippen LogP contribution in [0, 0.1) is 5.82 Å². The van der Waals surface area contributed by atoms with Gasteiger partial charge < -0.3 is 29.7 Å². The second-order valence-corrected chi connectivity index (χ2v) is 10.3. The number of methoxy groups -OCH3 is 1. The zero-order valence-corrected chi connectivity index (χ0v) is 21.0. The molecule has 2 bridgehead atoms. The van der Waals surface area contributed by atoms with Crippen LogP contribution in [0.25, 0.3) is 11.3 Å². The molecule has 4 heterocycles. The third-order valence-electron chi connectivity index (χ3n) is 8.10. The lowest BCUT2D eigenvalue weighted by molar-refractivity contribution is -0.209. The van der Waals surface area contributed by atoms with Gasteiger partial charge in [0.05, 0.1) is 26.0 Å². The van der Waals surface area contributed by atoms with Gasteiger partial charge >= 0.3 is 0 Å². The molecule has 0 radical (unpaired) electrons. The van der Waals surface area contributed by atoms with Crippen molar-refractivity contribution >= 4 is 5.69 Å². The van der Waals surface area contributed by atoms with Gasteiger partial charge in [-0.1, -0.05) is 17.3 Å². The summed E-state index contributed by atoms with van der Waals surface area (Å²) in [6.07, 6.45) is -1.22. The second kappa shape index (κ2) is 10.2. The summed E-state index contributed by atoms with van der Waals surface area (Å²) >= 11 is 0. The molecule has 0 aliphatic carbocycles. The molecule has 11 heteroatoms. The van der Waals surface area contributed by atoms with E-state index in [0.717, 1.165) is 30.9 Å². The third kappa shape index (κ3) is 4.54. The lowest BCUT2D eigenvalue weighted by atomic mass is 9.92. The van der Waals surface area contributed by atoms with Gasteiger partial charge in [-0.05, 0) is 42.8 Å². The first-order chi connectivity index (χ1) is 18.4. The third-order valence-corrected chi connectivity index (χ3v) is 8.10. The van der Waals surface area contributed by atoms with Crippen molar-refractivity contribution in [2.24, 2.45) is 0 Å². The minimum Gasteiger partial charge on any atom is -0.497 e. The van der Waals surface area contributed by atoms with E-state index < -0.39 is 42.9 Å². The fraction of sp³-hybridized carbons (Fsp3) is 0.481. The molecule has 10 nitrogen and oxygen atoms in total. The Morgan fingerprint density at radius 1 is 1.05 bits per heavy atom. The van der Waals surface area contributed by atoms with Gasteiger partial charge in [0.25, 0.3) is 0 Å². The minimum atomic E-state index is -1.20. The Morgan fingerprint density at radius 3 is 2.53 bits per heavy atom. The zero-order valence-electron chi connectivity index (χ0n) is 21.0. The Bertz CT molecular complexity index is 1260. The molecule has 3 aromatic rings. The number of piperazine rings is 1. The number of hydrogen-bond donors (Lipinski definition) is 3. The molecule has 0 unspecified atom stereocenters. The van der Waals surface area contributed by atoms with Gasteiger partial charge in [0, 0.05) is 43.0 Å². The molecular weight excluding hydrogens is 493 g/mol. The van der Waals surface area contributed by atoms with Crippen molar-refractivity contribution in [2.45, 2.75) is 49.0 Å². The molecule has 3 saturated heterocycles. The van der Waals surface area contributed by atoms with Gasteiger partial charge in [-0.25, -0.2) is 9.07 Å². The number of aromatic nitrogens is 3. The van der Waals surface area contributed by atoms with Gasteiger partial charge in [-0.3, -0.25) is 4.90 Å². The van der Waals surface area contributed by atoms with Crippen LogP contribution < -0.4 is 9.64 Å². The fourth-order valence-electron chi connectivity index (χ4n) is 6.14. The summed E-state index contributed by atoms with van der Waals surface area (Å²) < 4.78 is 26.4. The van der Waals surface area contributed by atoms with Crippen LogP contribution in [-0.2, 0) is 4.74 Å². The standard InChI is InChI=1S/C27H32FN5O5/c1-37-21-7-5-18(6-8-21)32-12-19-10-20(32)11-31(19)14-23-26(35)25(27(36)24(15-34)38-23)33-13-22(29-30-33)16-3-2-4-17(28)9-16/h2-9,13,19-20,23-27,34-36H,10-12,14-15H2,1H3/t19-,20-,23-,24+,25+,26-,27-/m0/s1. The highest BCUT2D eigenvalue weighted by Gasteiger charge is 2.49. The SMILES string of the molecule is COc1ccc(N2C[C@@H]3C[C@H]2CN3C[C@@H]2O[C@H](CO)[C@H](O)[C@H](n3cc(-c4cccc(F)c4)nn3)[C@H]2O)cc1. The van der Waals surface area contributed by atoms with E-state index in [4.69, 9.17) is 9.47 Å². The number of halogens is 1. The minimum absolute atomic E-state index is 0.307. The van der Waals surface area contributed by atoms with Gasteiger partial charge in [0.15, 0.2) is 0 Å². The van der Waals surface area contributed by atoms with E-state index in [-0.39, 0.29) is 0 Å². The van der Waals surface area contributed by atoms with Crippen LogP contribution in [0.5, 0.6) is 5.75 Å². The molecule has 3 aliphatic heterocycles. The monoisotopic (exact) mass is 525 g/mol. The lowest BCUT2D eigenvalue weighted by Gasteiger charge is -2.44. The first-order valence-electron chi connectivity index (χ1n) is 12.9. The van der Waals surface area contributed by atoms with Crippen LogP contribution in [0.4, 0.5) is 10.1 Å². The Balaban J connectivity index is 1.16. The van der Waals surface area contributed by atoms with Crippen molar-refractivity contribution in [1.82, 2.24) is 19.9 Å². The topological polar surface area (TPSA) is 116 Å². The predicted molar refractivity (Wildman–Crippen MR) is 136 cm³/mol. The van der Waals surface area contributed by atoms with E-state index in [1.807, 2.05) is 12.1 Å². The molecule has 3 N–H and O–H groups in total. The highest BCUT2D eigenvalue weighted by atomic mass is 19.1. The van der Waals surface area contributed by atoms with Crippen molar-refractivity contribution in [3.05, 3.63) is 60.5 Å². The molecule has 6 rings (SSSR count). The molecule has 2 aromatic carbocycles. The maximum atomic E-state index is 13.7. The Hall–Kier alpha value is -3.09. The lowest BCUT2D eigenvalue weighted by Crippen LogP contribution is -2.60. The average Bonchev–Trinajstić information content (AvgIpc) is 3.67. The van der Waals surface area contributed by atoms with Crippen molar-refractivity contribution in [1.29, 1.82) is 0 Å². The maximum absolute atomic E-state index is 13.7. The molecule has 1 aromatic heterocycles. The van der Waals surface area contributed by atoms with Crippen LogP contribution >= 0.6 is 0 Å². The molecule has 202 valence electrons. The van der Waals surface area contributed by atoms with Crippen molar-refractivity contribution in [3.63, 3.8) is 0 Å². The number of nitrogens with zero attached hydrogens (tertiary/aromatic N) is 5. The van der Waals surface area contributed by atoms with E-state index in [1.165, 1.54) is 16.8 Å². The van der Waals surface area contributed by atoms with Gasteiger partial charge in [0.2, 0.25) is 0 Å². The van der Waals surface area contributed by atoms with Crippen LogP contribution in [0.2, 0.25) is 0 Å². The van der Waals surface area contributed by atoms with Crippen LogP contribution in [0.1, 0.15) is 12.5 Å². The van der Waals surface area contributed by atoms with E-state index >= 15 is 0 Å². The number of aliphatic hydroxyl groups is 3. The number of aliphatic hydroxyl groups excluding tert-OH is 3. The van der Waals surface area contributed by atoms with Crippen LogP contribution in [0.15, 0.2) is 54.7 Å². The van der Waals surface area contributed by atoms with Crippen molar-refractivity contribution in [3.8, 4) is 17.0 Å². The molecule has 3 aliphatic rings. The summed E-state index contributed by atoms with van der Waals surface area (Å²) in [5, 5.41) is 40.5. The molecule has 0 spiro atoms. The number of fused-ring (bicyclic) bond motifs is 2. The fourth-order valence-corrected chi connectivity index (χ4v) is 6.14. The van der Waals surface area contributed by atoms with E-state index in [2.05, 4.69) is 32.2 Å². The molecule has 3 fully saturated rings. The van der Waals surface area contributed by atoms with E-state index in [0.29, 0.717) is 29.9 Å².